The fourth-order valence-electron chi connectivity index (χ4n) is 5.44. The van der Waals surface area contributed by atoms with Crippen molar-refractivity contribution in [1.29, 1.82) is 0 Å². The Morgan fingerprint density at radius 2 is 1.86 bits per heavy atom. The number of amides is 2. The molecule has 3 aliphatic rings. The molecular weight excluding hydrogens is 478 g/mol. The lowest BCUT2D eigenvalue weighted by atomic mass is 9.89. The van der Waals surface area contributed by atoms with Crippen molar-refractivity contribution in [2.45, 2.75) is 37.8 Å². The Balaban J connectivity index is 1.28. The summed E-state index contributed by atoms with van der Waals surface area (Å²) in [6.45, 7) is 2.72. The van der Waals surface area contributed by atoms with Crippen LogP contribution in [0.3, 0.4) is 0 Å². The van der Waals surface area contributed by atoms with Gasteiger partial charge in [0.2, 0.25) is 5.91 Å². The van der Waals surface area contributed by atoms with E-state index in [0.717, 1.165) is 55.8 Å². The van der Waals surface area contributed by atoms with Crippen molar-refractivity contribution in [1.82, 2.24) is 9.80 Å². The predicted octanol–water partition coefficient (Wildman–Crippen LogP) is 4.21. The number of para-hydroxylation sites is 2. The molecule has 0 N–H and O–H groups in total. The van der Waals surface area contributed by atoms with Crippen LogP contribution in [0.4, 0.5) is 5.69 Å². The SMILES string of the molecule is COc1ccccc1N1CCN(C(=O)CN2C(=O)/C(=C\c3cccc(Cl)c3)OC3CCCCC32)CC1. The van der Waals surface area contributed by atoms with E-state index in [9.17, 15) is 9.59 Å². The first-order valence-corrected chi connectivity index (χ1v) is 13.0. The molecule has 2 aromatic carbocycles. The van der Waals surface area contributed by atoms with Crippen LogP contribution < -0.4 is 9.64 Å². The van der Waals surface area contributed by atoms with Gasteiger partial charge in [-0.2, -0.15) is 0 Å². The van der Waals surface area contributed by atoms with Crippen molar-refractivity contribution < 1.29 is 19.1 Å². The number of rotatable bonds is 5. The van der Waals surface area contributed by atoms with Gasteiger partial charge in [-0.05, 0) is 55.2 Å². The number of halogens is 1. The molecular formula is C28H32ClN3O4. The summed E-state index contributed by atoms with van der Waals surface area (Å²) in [4.78, 5) is 32.7. The number of methoxy groups -OCH3 is 1. The average Bonchev–Trinajstić information content (AvgIpc) is 2.91. The molecule has 1 aliphatic carbocycles. The highest BCUT2D eigenvalue weighted by Crippen LogP contribution is 2.34. The second kappa shape index (κ2) is 10.8. The first-order valence-electron chi connectivity index (χ1n) is 12.6. The molecule has 2 unspecified atom stereocenters. The number of carbonyl (C=O) groups excluding carboxylic acids is 2. The number of nitrogens with zero attached hydrogens (tertiary/aromatic N) is 3. The molecule has 5 rings (SSSR count). The van der Waals surface area contributed by atoms with E-state index in [2.05, 4.69) is 4.90 Å². The molecule has 36 heavy (non-hydrogen) atoms. The summed E-state index contributed by atoms with van der Waals surface area (Å²) in [5, 5.41) is 0.599. The minimum Gasteiger partial charge on any atom is -0.495 e. The van der Waals surface area contributed by atoms with Crippen molar-refractivity contribution >= 4 is 35.2 Å². The fraction of sp³-hybridized carbons (Fsp3) is 0.429. The average molecular weight is 510 g/mol. The van der Waals surface area contributed by atoms with Crippen LogP contribution in [-0.2, 0) is 14.3 Å². The molecule has 0 radical (unpaired) electrons. The minimum atomic E-state index is -0.223. The normalized spacial score (nSPS) is 23.3. The zero-order chi connectivity index (χ0) is 25.1. The Kier molecular flexibility index (Phi) is 7.37. The smallest absolute Gasteiger partial charge is 0.289 e. The zero-order valence-electron chi connectivity index (χ0n) is 20.6. The number of carbonyl (C=O) groups is 2. The second-order valence-corrected chi connectivity index (χ2v) is 9.98. The molecule has 0 spiro atoms. The molecule has 8 heteroatoms. The van der Waals surface area contributed by atoms with E-state index in [1.165, 1.54) is 0 Å². The van der Waals surface area contributed by atoms with Gasteiger partial charge < -0.3 is 24.2 Å². The molecule has 0 aromatic heterocycles. The van der Waals surface area contributed by atoms with Crippen LogP contribution in [-0.4, -0.2) is 73.6 Å². The Labute approximate surface area is 217 Å². The molecule has 2 aliphatic heterocycles. The van der Waals surface area contributed by atoms with E-state index in [0.29, 0.717) is 18.1 Å². The highest BCUT2D eigenvalue weighted by Gasteiger charge is 2.42. The summed E-state index contributed by atoms with van der Waals surface area (Å²) in [6, 6.07) is 15.2. The van der Waals surface area contributed by atoms with Gasteiger partial charge in [-0.15, -0.1) is 0 Å². The summed E-state index contributed by atoms with van der Waals surface area (Å²) in [6.07, 6.45) is 5.49. The van der Waals surface area contributed by atoms with Crippen LogP contribution in [0.25, 0.3) is 6.08 Å². The van der Waals surface area contributed by atoms with Gasteiger partial charge in [-0.25, -0.2) is 0 Å². The van der Waals surface area contributed by atoms with Crippen molar-refractivity contribution in [3.8, 4) is 5.75 Å². The molecule has 2 heterocycles. The lowest BCUT2D eigenvalue weighted by Gasteiger charge is -2.45. The predicted molar refractivity (Wildman–Crippen MR) is 140 cm³/mol. The first-order chi connectivity index (χ1) is 17.5. The quantitative estimate of drug-likeness (QED) is 0.565. The third-order valence-electron chi connectivity index (χ3n) is 7.33. The summed E-state index contributed by atoms with van der Waals surface area (Å²) in [5.74, 6) is 0.878. The Morgan fingerprint density at radius 1 is 1.08 bits per heavy atom. The lowest BCUT2D eigenvalue weighted by Crippen LogP contribution is -2.58. The Hall–Kier alpha value is -3.19. The monoisotopic (exact) mass is 509 g/mol. The van der Waals surface area contributed by atoms with E-state index in [1.54, 1.807) is 30.2 Å². The van der Waals surface area contributed by atoms with E-state index < -0.39 is 0 Å². The number of benzene rings is 2. The molecule has 1 saturated carbocycles. The largest absolute Gasteiger partial charge is 0.495 e. The van der Waals surface area contributed by atoms with Crippen molar-refractivity contribution in [2.24, 2.45) is 0 Å². The summed E-state index contributed by atoms with van der Waals surface area (Å²) >= 11 is 6.13. The number of ether oxygens (including phenoxy) is 2. The maximum absolute atomic E-state index is 13.5. The number of morpholine rings is 1. The third-order valence-corrected chi connectivity index (χ3v) is 7.56. The summed E-state index contributed by atoms with van der Waals surface area (Å²) in [7, 11) is 1.67. The van der Waals surface area contributed by atoms with Gasteiger partial charge in [0, 0.05) is 31.2 Å². The molecule has 3 fully saturated rings. The van der Waals surface area contributed by atoms with Crippen molar-refractivity contribution in [3.63, 3.8) is 0 Å². The van der Waals surface area contributed by atoms with Gasteiger partial charge in [0.05, 0.1) is 18.8 Å². The topological polar surface area (TPSA) is 62.3 Å². The van der Waals surface area contributed by atoms with Crippen LogP contribution in [0.1, 0.15) is 31.2 Å². The molecule has 190 valence electrons. The van der Waals surface area contributed by atoms with Gasteiger partial charge >= 0.3 is 0 Å². The van der Waals surface area contributed by atoms with Gasteiger partial charge in [-0.1, -0.05) is 42.3 Å². The van der Waals surface area contributed by atoms with E-state index in [1.807, 2.05) is 41.3 Å². The van der Waals surface area contributed by atoms with Crippen LogP contribution in [0.2, 0.25) is 5.02 Å². The zero-order valence-corrected chi connectivity index (χ0v) is 21.3. The van der Waals surface area contributed by atoms with E-state index >= 15 is 0 Å². The molecule has 2 atom stereocenters. The number of anilines is 1. The molecule has 0 bridgehead atoms. The Morgan fingerprint density at radius 3 is 2.64 bits per heavy atom. The number of piperazine rings is 1. The number of hydrogen-bond donors (Lipinski definition) is 0. The maximum Gasteiger partial charge on any atom is 0.289 e. The highest BCUT2D eigenvalue weighted by molar-refractivity contribution is 6.30. The number of fused-ring (bicyclic) bond motifs is 1. The summed E-state index contributed by atoms with van der Waals surface area (Å²) in [5.41, 5.74) is 1.84. The van der Waals surface area contributed by atoms with Crippen molar-refractivity contribution in [2.75, 3.05) is 44.7 Å². The van der Waals surface area contributed by atoms with Crippen LogP contribution in [0, 0.1) is 0 Å². The lowest BCUT2D eigenvalue weighted by molar-refractivity contribution is -0.154. The van der Waals surface area contributed by atoms with Crippen LogP contribution in [0.5, 0.6) is 5.75 Å². The fourth-order valence-corrected chi connectivity index (χ4v) is 5.64. The second-order valence-electron chi connectivity index (χ2n) is 9.54. The molecule has 2 aromatic rings. The molecule has 2 saturated heterocycles. The van der Waals surface area contributed by atoms with E-state index in [4.69, 9.17) is 21.1 Å². The van der Waals surface area contributed by atoms with E-state index in [-0.39, 0.29) is 36.3 Å². The third kappa shape index (κ3) is 5.16. The van der Waals surface area contributed by atoms with Crippen LogP contribution in [0.15, 0.2) is 54.3 Å². The van der Waals surface area contributed by atoms with Crippen molar-refractivity contribution in [3.05, 3.63) is 64.9 Å². The first kappa shape index (κ1) is 24.5. The number of hydrogen-bond acceptors (Lipinski definition) is 5. The summed E-state index contributed by atoms with van der Waals surface area (Å²) < 4.78 is 11.7. The van der Waals surface area contributed by atoms with Gasteiger partial charge in [-0.3, -0.25) is 9.59 Å². The minimum absolute atomic E-state index is 0.0173. The highest BCUT2D eigenvalue weighted by atomic mass is 35.5. The Bertz CT molecular complexity index is 1150. The van der Waals surface area contributed by atoms with Gasteiger partial charge in [0.15, 0.2) is 5.76 Å². The standard InChI is InChI=1S/C28H32ClN3O4/c1-35-24-11-4-2-9-22(24)30-13-15-31(16-14-30)27(33)19-32-23-10-3-5-12-25(23)36-26(28(32)34)18-20-7-6-8-21(29)17-20/h2,4,6-9,11,17-18,23,25H,3,5,10,12-16,19H2,1H3/b26-18+. The maximum atomic E-state index is 13.5. The van der Waals surface area contributed by atoms with Crippen LogP contribution >= 0.6 is 11.6 Å². The molecule has 7 nitrogen and oxygen atoms in total. The molecule has 2 amide bonds. The van der Waals surface area contributed by atoms with Gasteiger partial charge in [0.1, 0.15) is 18.4 Å². The van der Waals surface area contributed by atoms with Gasteiger partial charge in [0.25, 0.3) is 5.91 Å².